The molecule has 0 atom stereocenters. The predicted octanol–water partition coefficient (Wildman–Crippen LogP) is 4.20. The predicted molar refractivity (Wildman–Crippen MR) is 81.6 cm³/mol. The lowest BCUT2D eigenvalue weighted by atomic mass is 10.2. The van der Waals surface area contributed by atoms with Crippen LogP contribution >= 0.6 is 0 Å². The highest BCUT2D eigenvalue weighted by molar-refractivity contribution is 5.80. The smallest absolute Gasteiger partial charge is 0.123 e. The van der Waals surface area contributed by atoms with Crippen molar-refractivity contribution in [2.45, 2.75) is 13.5 Å². The Morgan fingerprint density at radius 3 is 2.85 bits per heavy atom. The van der Waals surface area contributed by atoms with Crippen molar-refractivity contribution in [3.63, 3.8) is 0 Å². The molecule has 1 aromatic heterocycles. The first-order valence-electron chi connectivity index (χ1n) is 6.77. The number of nitrogens with one attached hydrogen (secondary N) is 1. The van der Waals surface area contributed by atoms with E-state index in [9.17, 15) is 4.39 Å². The third-order valence-corrected chi connectivity index (χ3v) is 3.43. The fraction of sp³-hybridized carbons (Fsp3) is 0.176. The van der Waals surface area contributed by atoms with Crippen molar-refractivity contribution in [2.75, 3.05) is 11.9 Å². The van der Waals surface area contributed by atoms with Crippen LogP contribution in [0.5, 0.6) is 0 Å². The lowest BCUT2D eigenvalue weighted by Gasteiger charge is -2.09. The highest BCUT2D eigenvalue weighted by atomic mass is 19.1. The van der Waals surface area contributed by atoms with Gasteiger partial charge in [0.05, 0.1) is 0 Å². The van der Waals surface area contributed by atoms with Gasteiger partial charge in [-0.3, -0.25) is 0 Å². The highest BCUT2D eigenvalue weighted by Gasteiger charge is 2.02. The molecule has 0 fully saturated rings. The van der Waals surface area contributed by atoms with Gasteiger partial charge in [-0.25, -0.2) is 4.39 Å². The fourth-order valence-corrected chi connectivity index (χ4v) is 2.44. The van der Waals surface area contributed by atoms with Gasteiger partial charge in [-0.2, -0.15) is 0 Å². The Morgan fingerprint density at radius 2 is 2.00 bits per heavy atom. The quantitative estimate of drug-likeness (QED) is 0.750. The monoisotopic (exact) mass is 268 g/mol. The average molecular weight is 268 g/mol. The molecular weight excluding hydrogens is 251 g/mol. The summed E-state index contributed by atoms with van der Waals surface area (Å²) in [5.74, 6) is -0.187. The maximum atomic E-state index is 13.1. The summed E-state index contributed by atoms with van der Waals surface area (Å²) in [6, 6.07) is 15.2. The van der Waals surface area contributed by atoms with E-state index >= 15 is 0 Å². The first-order valence-corrected chi connectivity index (χ1v) is 6.77. The molecule has 2 nitrogen and oxygen atoms in total. The van der Waals surface area contributed by atoms with Crippen LogP contribution in [0.1, 0.15) is 5.56 Å². The molecule has 2 aromatic carbocycles. The number of rotatable bonds is 4. The van der Waals surface area contributed by atoms with Gasteiger partial charge in [-0.15, -0.1) is 0 Å². The van der Waals surface area contributed by atoms with Crippen LogP contribution in [0.15, 0.2) is 54.7 Å². The molecule has 0 radical (unpaired) electrons. The van der Waals surface area contributed by atoms with Crippen LogP contribution in [-0.4, -0.2) is 11.1 Å². The minimum Gasteiger partial charge on any atom is -0.383 e. The third kappa shape index (κ3) is 2.67. The molecule has 1 heterocycles. The number of nitrogens with zero attached hydrogens (tertiary/aromatic N) is 1. The van der Waals surface area contributed by atoms with Gasteiger partial charge in [-0.1, -0.05) is 12.1 Å². The average Bonchev–Trinajstić information content (AvgIpc) is 2.81. The van der Waals surface area contributed by atoms with Gasteiger partial charge in [0.2, 0.25) is 0 Å². The summed E-state index contributed by atoms with van der Waals surface area (Å²) < 4.78 is 15.3. The molecule has 0 unspecified atom stereocenters. The van der Waals surface area contributed by atoms with Crippen molar-refractivity contribution < 1.29 is 4.39 Å². The van der Waals surface area contributed by atoms with Crippen LogP contribution in [0.3, 0.4) is 0 Å². The number of fused-ring (bicyclic) bond motifs is 1. The minimum atomic E-state index is -0.187. The third-order valence-electron chi connectivity index (χ3n) is 3.43. The van der Waals surface area contributed by atoms with Crippen LogP contribution in [0.4, 0.5) is 10.1 Å². The zero-order valence-electron chi connectivity index (χ0n) is 11.4. The Hall–Kier alpha value is -2.29. The van der Waals surface area contributed by atoms with Crippen molar-refractivity contribution in [1.82, 2.24) is 4.57 Å². The van der Waals surface area contributed by atoms with Crippen LogP contribution in [0, 0.1) is 12.7 Å². The molecule has 1 N–H and O–H groups in total. The van der Waals surface area contributed by atoms with Crippen LogP contribution in [-0.2, 0) is 6.54 Å². The number of anilines is 1. The van der Waals surface area contributed by atoms with Gasteiger partial charge in [0.15, 0.2) is 0 Å². The lowest BCUT2D eigenvalue weighted by molar-refractivity contribution is 0.629. The number of hydrogen-bond acceptors (Lipinski definition) is 1. The van der Waals surface area contributed by atoms with Crippen molar-refractivity contribution in [3.05, 3.63) is 66.1 Å². The van der Waals surface area contributed by atoms with E-state index in [1.807, 2.05) is 24.4 Å². The Bertz CT molecular complexity index is 731. The van der Waals surface area contributed by atoms with Crippen LogP contribution < -0.4 is 5.32 Å². The Balaban J connectivity index is 1.68. The van der Waals surface area contributed by atoms with E-state index < -0.39 is 0 Å². The first kappa shape index (κ1) is 12.7. The topological polar surface area (TPSA) is 17.0 Å². The van der Waals surface area contributed by atoms with Gasteiger partial charge in [0.25, 0.3) is 0 Å². The fourth-order valence-electron chi connectivity index (χ4n) is 2.44. The summed E-state index contributed by atoms with van der Waals surface area (Å²) in [5, 5.41) is 4.35. The van der Waals surface area contributed by atoms with E-state index in [4.69, 9.17) is 0 Å². The van der Waals surface area contributed by atoms with E-state index in [2.05, 4.69) is 35.0 Å². The molecule has 0 saturated heterocycles. The first-order chi connectivity index (χ1) is 9.72. The number of aryl methyl sites for hydroxylation is 1. The van der Waals surface area contributed by atoms with Gasteiger partial charge in [-0.05, 0) is 48.9 Å². The molecule has 0 amide bonds. The molecule has 0 spiro atoms. The molecule has 0 aliphatic rings. The SMILES string of the molecule is Cc1cccc(NCCn2ccc3cc(F)ccc32)c1. The van der Waals surface area contributed by atoms with E-state index in [0.29, 0.717) is 0 Å². The zero-order chi connectivity index (χ0) is 13.9. The second-order valence-corrected chi connectivity index (χ2v) is 5.01. The number of halogens is 1. The normalized spacial score (nSPS) is 10.9. The molecule has 20 heavy (non-hydrogen) atoms. The molecule has 3 heteroatoms. The van der Waals surface area contributed by atoms with E-state index in [1.165, 1.54) is 11.6 Å². The molecular formula is C17H17FN2. The maximum Gasteiger partial charge on any atom is 0.123 e. The van der Waals surface area contributed by atoms with Gasteiger partial charge >= 0.3 is 0 Å². The summed E-state index contributed by atoms with van der Waals surface area (Å²) in [6.45, 7) is 3.77. The Kier molecular flexibility index (Phi) is 3.42. The second kappa shape index (κ2) is 5.37. The number of benzene rings is 2. The van der Waals surface area contributed by atoms with Crippen LogP contribution in [0.25, 0.3) is 10.9 Å². The lowest BCUT2D eigenvalue weighted by Crippen LogP contribution is -2.09. The van der Waals surface area contributed by atoms with Gasteiger partial charge < -0.3 is 9.88 Å². The Labute approximate surface area is 117 Å². The summed E-state index contributed by atoms with van der Waals surface area (Å²) in [4.78, 5) is 0. The van der Waals surface area contributed by atoms with Crippen molar-refractivity contribution in [2.24, 2.45) is 0 Å². The van der Waals surface area contributed by atoms with Crippen LogP contribution in [0.2, 0.25) is 0 Å². The zero-order valence-corrected chi connectivity index (χ0v) is 11.4. The molecule has 3 rings (SSSR count). The minimum absolute atomic E-state index is 0.187. The summed E-state index contributed by atoms with van der Waals surface area (Å²) in [6.07, 6.45) is 2.00. The summed E-state index contributed by atoms with van der Waals surface area (Å²) in [5.41, 5.74) is 3.45. The number of aromatic nitrogens is 1. The van der Waals surface area contributed by atoms with Crippen molar-refractivity contribution >= 4 is 16.6 Å². The van der Waals surface area contributed by atoms with Crippen molar-refractivity contribution in [1.29, 1.82) is 0 Å². The van der Waals surface area contributed by atoms with Gasteiger partial charge in [0, 0.05) is 35.9 Å². The van der Waals surface area contributed by atoms with E-state index in [1.54, 1.807) is 6.07 Å². The maximum absolute atomic E-state index is 13.1. The van der Waals surface area contributed by atoms with Gasteiger partial charge in [0.1, 0.15) is 5.82 Å². The van der Waals surface area contributed by atoms with E-state index in [-0.39, 0.29) is 5.82 Å². The summed E-state index contributed by atoms with van der Waals surface area (Å²) in [7, 11) is 0. The summed E-state index contributed by atoms with van der Waals surface area (Å²) >= 11 is 0. The molecule has 0 aliphatic carbocycles. The molecule has 0 bridgehead atoms. The number of hydrogen-bond donors (Lipinski definition) is 1. The highest BCUT2D eigenvalue weighted by Crippen LogP contribution is 2.17. The second-order valence-electron chi connectivity index (χ2n) is 5.01. The molecule has 3 aromatic rings. The molecule has 0 aliphatic heterocycles. The Morgan fingerprint density at radius 1 is 1.10 bits per heavy atom. The largest absolute Gasteiger partial charge is 0.383 e. The van der Waals surface area contributed by atoms with E-state index in [0.717, 1.165) is 29.7 Å². The standard InChI is InChI=1S/C17H17FN2/c1-13-3-2-4-16(11-13)19-8-10-20-9-7-14-12-15(18)5-6-17(14)20/h2-7,9,11-12,19H,8,10H2,1H3. The molecule has 0 saturated carbocycles. The molecule has 102 valence electrons. The van der Waals surface area contributed by atoms with Crippen molar-refractivity contribution in [3.8, 4) is 0 Å².